The van der Waals surface area contributed by atoms with E-state index in [1.54, 1.807) is 0 Å². The Morgan fingerprint density at radius 1 is 0.517 bits per heavy atom. The maximum atomic E-state index is 4.90. The van der Waals surface area contributed by atoms with Crippen LogP contribution in [0.3, 0.4) is 0 Å². The van der Waals surface area contributed by atoms with Gasteiger partial charge in [-0.1, -0.05) is 24.3 Å². The molecule has 4 aromatic rings. The molecule has 0 amide bonds. The second-order valence-electron chi connectivity index (χ2n) is 7.21. The second kappa shape index (κ2) is 8.84. The maximum absolute atomic E-state index is 4.90. The first-order valence-electron chi connectivity index (χ1n) is 9.78. The van der Waals surface area contributed by atoms with Crippen LogP contribution in [0.2, 0.25) is 0 Å². The number of hydrogen-bond donors (Lipinski definition) is 0. The van der Waals surface area contributed by atoms with E-state index in [0.717, 1.165) is 59.6 Å². The molecule has 0 N–H and O–H groups in total. The minimum absolute atomic E-state index is 0. The molecule has 8 bridgehead atoms. The Morgan fingerprint density at radius 3 is 1.55 bits per heavy atom. The van der Waals surface area contributed by atoms with E-state index in [0.29, 0.717) is 0 Å². The van der Waals surface area contributed by atoms with Crippen LogP contribution in [-0.4, -0.2) is 9.97 Å². The molecule has 0 fully saturated rings. The maximum Gasteiger partial charge on any atom is 2.00 e. The third-order valence-corrected chi connectivity index (χ3v) is 5.18. The molecule has 0 unspecified atom stereocenters. The van der Waals surface area contributed by atoms with E-state index in [4.69, 9.17) is 9.97 Å². The molecule has 0 saturated carbocycles. The molecule has 2 nitrogen and oxygen atoms in total. The van der Waals surface area contributed by atoms with Gasteiger partial charge < -0.3 is 4.98 Å². The van der Waals surface area contributed by atoms with Crippen LogP contribution in [0.4, 0.5) is 0 Å². The van der Waals surface area contributed by atoms with Gasteiger partial charge in [-0.05, 0) is 49.2 Å². The predicted molar refractivity (Wildman–Crippen MR) is 112 cm³/mol. The first-order chi connectivity index (χ1) is 13.8. The van der Waals surface area contributed by atoms with Gasteiger partial charge in [-0.25, -0.2) is 0 Å². The van der Waals surface area contributed by atoms with E-state index >= 15 is 0 Å². The number of pyridine rings is 2. The Morgan fingerprint density at radius 2 is 1.00 bits per heavy atom. The van der Waals surface area contributed by atoms with Crippen molar-refractivity contribution in [2.45, 2.75) is 25.7 Å². The smallest absolute Gasteiger partial charge is 0.345 e. The van der Waals surface area contributed by atoms with Crippen LogP contribution in [0.15, 0.2) is 72.8 Å². The monoisotopic (exact) mass is 555 g/mol. The van der Waals surface area contributed by atoms with Crippen molar-refractivity contribution in [2.24, 2.45) is 0 Å². The molecule has 1 aliphatic heterocycles. The van der Waals surface area contributed by atoms with E-state index in [1.165, 1.54) is 11.1 Å². The fourth-order valence-electron chi connectivity index (χ4n) is 3.69. The third-order valence-electron chi connectivity index (χ3n) is 5.18. The molecule has 0 aliphatic carbocycles. The summed E-state index contributed by atoms with van der Waals surface area (Å²) in [7, 11) is 0. The second-order valence-corrected chi connectivity index (χ2v) is 7.21. The minimum atomic E-state index is 0. The van der Waals surface area contributed by atoms with Crippen molar-refractivity contribution in [1.29, 1.82) is 0 Å². The summed E-state index contributed by atoms with van der Waals surface area (Å²) in [5.74, 6) is 0. The molecule has 3 heterocycles. The van der Waals surface area contributed by atoms with E-state index in [1.807, 2.05) is 0 Å². The summed E-state index contributed by atoms with van der Waals surface area (Å²) in [5, 5.41) is 0. The molecule has 3 heteroatoms. The van der Waals surface area contributed by atoms with Gasteiger partial charge in [0.15, 0.2) is 0 Å². The first-order valence-corrected chi connectivity index (χ1v) is 9.78. The number of hydrogen-bond acceptors (Lipinski definition) is 2. The molecule has 0 radical (unpaired) electrons. The van der Waals surface area contributed by atoms with E-state index in [2.05, 4.69) is 84.9 Å². The fourth-order valence-corrected chi connectivity index (χ4v) is 3.69. The summed E-state index contributed by atoms with van der Waals surface area (Å²) in [6, 6.07) is 32.2. The van der Waals surface area contributed by atoms with Gasteiger partial charge in [-0.3, -0.25) is 4.98 Å². The predicted octanol–water partition coefficient (Wildman–Crippen LogP) is 5.29. The molecular weight excluding hydrogens is 535 g/mol. The Kier molecular flexibility index (Phi) is 6.02. The zero-order valence-electron chi connectivity index (χ0n) is 16.0. The van der Waals surface area contributed by atoms with Crippen molar-refractivity contribution in [2.75, 3.05) is 0 Å². The minimum Gasteiger partial charge on any atom is -0.345 e. The number of nitrogens with zero attached hydrogens (tertiary/aromatic N) is 2. The average molecular weight is 556 g/mol. The van der Waals surface area contributed by atoms with E-state index < -0.39 is 0 Å². The van der Waals surface area contributed by atoms with Gasteiger partial charge >= 0.3 is 21.1 Å². The Balaban J connectivity index is 0.00000205. The zero-order valence-corrected chi connectivity index (χ0v) is 18.2. The van der Waals surface area contributed by atoms with Crippen LogP contribution in [0, 0.1) is 12.1 Å². The standard InChI is InChI=1S/C26H20N2.Pt/c1-5-19-13-15-23-9-3-10-24(27-23)16-14-20-6-2-8-22(18-20)26-12-4-11-25(28-26)21(7-1)17-19;/h1-12H,13-16H2;/q-2;+2. The molecule has 0 spiro atoms. The van der Waals surface area contributed by atoms with Crippen molar-refractivity contribution >= 4 is 0 Å². The van der Waals surface area contributed by atoms with Crippen LogP contribution < -0.4 is 0 Å². The third kappa shape index (κ3) is 4.54. The zero-order chi connectivity index (χ0) is 18.8. The summed E-state index contributed by atoms with van der Waals surface area (Å²) < 4.78 is 0. The SMILES string of the molecule is [Pt+2].[c-]1c2cccc1-c1cccc(n1)-c1[c-]c(ccc1)CCc1cccc(n1)CC2. The van der Waals surface area contributed by atoms with Gasteiger partial charge in [-0.2, -0.15) is 0 Å². The van der Waals surface area contributed by atoms with Gasteiger partial charge in [0.1, 0.15) is 0 Å². The molecule has 0 saturated heterocycles. The molecular formula is C26H20N2Pt. The van der Waals surface area contributed by atoms with Gasteiger partial charge in [0.2, 0.25) is 0 Å². The first kappa shape index (κ1) is 19.7. The molecule has 2 aromatic heterocycles. The Bertz CT molecular complexity index is 1050. The largest absolute Gasteiger partial charge is 2.00 e. The number of benzene rings is 2. The summed E-state index contributed by atoms with van der Waals surface area (Å²) in [6.45, 7) is 0. The van der Waals surface area contributed by atoms with Crippen LogP contribution in [0.1, 0.15) is 22.5 Å². The van der Waals surface area contributed by atoms with Gasteiger partial charge in [0.25, 0.3) is 0 Å². The van der Waals surface area contributed by atoms with Crippen LogP contribution >= 0.6 is 0 Å². The summed E-state index contributed by atoms with van der Waals surface area (Å²) in [6.07, 6.45) is 3.69. The summed E-state index contributed by atoms with van der Waals surface area (Å²) >= 11 is 0. The number of aryl methyl sites for hydroxylation is 4. The average Bonchev–Trinajstić information content (AvgIpc) is 2.77. The fraction of sp³-hybridized carbons (Fsp3) is 0.154. The van der Waals surface area contributed by atoms with Crippen LogP contribution in [0.25, 0.3) is 22.5 Å². The molecule has 0 atom stereocenters. The molecule has 144 valence electrons. The summed E-state index contributed by atoms with van der Waals surface area (Å²) in [5.41, 5.74) is 8.63. The van der Waals surface area contributed by atoms with Crippen molar-refractivity contribution < 1.29 is 21.1 Å². The van der Waals surface area contributed by atoms with E-state index in [-0.39, 0.29) is 21.1 Å². The van der Waals surface area contributed by atoms with Gasteiger partial charge in [0, 0.05) is 11.4 Å². The van der Waals surface area contributed by atoms with Gasteiger partial charge in [-0.15, -0.1) is 70.8 Å². The van der Waals surface area contributed by atoms with Crippen molar-refractivity contribution in [3.63, 3.8) is 0 Å². The van der Waals surface area contributed by atoms with Crippen molar-refractivity contribution in [3.05, 3.63) is 107 Å². The summed E-state index contributed by atoms with van der Waals surface area (Å²) in [4.78, 5) is 9.76. The van der Waals surface area contributed by atoms with E-state index in [9.17, 15) is 0 Å². The van der Waals surface area contributed by atoms with Gasteiger partial charge in [0.05, 0.1) is 0 Å². The van der Waals surface area contributed by atoms with Crippen LogP contribution in [-0.2, 0) is 46.7 Å². The van der Waals surface area contributed by atoms with Crippen molar-refractivity contribution in [1.82, 2.24) is 9.97 Å². The normalized spacial score (nSPS) is 12.7. The number of fused-ring (bicyclic) bond motifs is 10. The molecule has 5 rings (SSSR count). The molecule has 1 aliphatic rings. The van der Waals surface area contributed by atoms with Crippen molar-refractivity contribution in [3.8, 4) is 22.5 Å². The molecule has 29 heavy (non-hydrogen) atoms. The van der Waals surface area contributed by atoms with Crippen LogP contribution in [0.5, 0.6) is 0 Å². The topological polar surface area (TPSA) is 25.8 Å². The Hall–Kier alpha value is -2.57. The number of rotatable bonds is 0. The number of aromatic nitrogens is 2. The quantitative estimate of drug-likeness (QED) is 0.276. The Labute approximate surface area is 186 Å². The molecule has 2 aromatic carbocycles.